The fraction of sp³-hybridized carbons (Fsp3) is 0.417. The van der Waals surface area contributed by atoms with Crippen molar-refractivity contribution in [2.24, 2.45) is 0 Å². The number of aliphatic hydroxyl groups is 1. The molecule has 0 radical (unpaired) electrons. The van der Waals surface area contributed by atoms with Crippen LogP contribution in [0.25, 0.3) is 0 Å². The van der Waals surface area contributed by atoms with E-state index in [1.54, 1.807) is 66.7 Å². The second kappa shape index (κ2) is 22.1. The van der Waals surface area contributed by atoms with E-state index < -0.39 is 98.0 Å². The normalized spacial score (nSPS) is 26.0. The maximum Gasteiger partial charge on any atom is 0.338 e. The number of halogens is 1. The molecule has 0 bridgehead atoms. The molecule has 0 unspecified atom stereocenters. The number of carbonyl (C=O) groups excluding carboxylic acids is 4. The summed E-state index contributed by atoms with van der Waals surface area (Å²) in [5.41, 5.74) is 1.39. The number of benzene rings is 4. The van der Waals surface area contributed by atoms with E-state index in [1.807, 2.05) is 30.3 Å². The van der Waals surface area contributed by atoms with E-state index in [4.69, 9.17) is 42.3 Å². The first-order valence-electron chi connectivity index (χ1n) is 21.0. The maximum absolute atomic E-state index is 13.9. The van der Waals surface area contributed by atoms with E-state index in [9.17, 15) is 24.3 Å². The molecule has 10 atom stereocenters. The summed E-state index contributed by atoms with van der Waals surface area (Å²) in [7, 11) is -2.52. The average Bonchev–Trinajstić information content (AvgIpc) is 3.28. The van der Waals surface area contributed by atoms with E-state index in [-0.39, 0.29) is 34.9 Å². The van der Waals surface area contributed by atoms with Crippen LogP contribution in [-0.4, -0.2) is 110 Å². The predicted molar refractivity (Wildman–Crippen MR) is 244 cm³/mol. The van der Waals surface area contributed by atoms with E-state index >= 15 is 0 Å². The summed E-state index contributed by atoms with van der Waals surface area (Å²) >= 11 is 2.21. The Balaban J connectivity index is 1.34. The van der Waals surface area contributed by atoms with Gasteiger partial charge in [-0.15, -0.1) is 0 Å². The quantitative estimate of drug-likeness (QED) is 0.0386. The van der Waals surface area contributed by atoms with Crippen LogP contribution in [-0.2, 0) is 53.7 Å². The molecule has 0 spiro atoms. The summed E-state index contributed by atoms with van der Waals surface area (Å²) in [4.78, 5) is 53.3. The van der Waals surface area contributed by atoms with Gasteiger partial charge in [0.05, 0.1) is 39.9 Å². The zero-order chi connectivity index (χ0) is 46.0. The standard InChI is InChI=1S/C48H55IO14Si/c1-30(50)55-28-35-38(56-27-31-19-11-7-12-20-31)40(63-64(5,6)48(2,3)4)37(49)47(59-35)57-29-36-39(60-43(51)32-21-13-8-14-22-32)41(61-44(52)33-23-15-9-16-24-33)42(46(54)58-36)62-45(53)34-25-17-10-18-26-34/h7-26,35-42,46-47,54H,27-29H2,1-6H3/t35-,36-,37-,38-,39-,40-,41+,42-,46-,47+/m1/s1. The van der Waals surface area contributed by atoms with Gasteiger partial charge in [-0.3, -0.25) is 4.79 Å². The van der Waals surface area contributed by atoms with Crippen LogP contribution in [0.4, 0.5) is 0 Å². The van der Waals surface area contributed by atoms with Crippen molar-refractivity contribution in [3.8, 4) is 0 Å². The molecule has 4 aromatic rings. The number of esters is 4. The first kappa shape index (κ1) is 48.9. The molecule has 2 fully saturated rings. The molecule has 2 saturated heterocycles. The van der Waals surface area contributed by atoms with Crippen LogP contribution in [0.15, 0.2) is 121 Å². The summed E-state index contributed by atoms with van der Waals surface area (Å²) in [6.07, 6.45) is -11.4. The van der Waals surface area contributed by atoms with Gasteiger partial charge >= 0.3 is 23.9 Å². The molecule has 4 aromatic carbocycles. The molecule has 342 valence electrons. The Morgan fingerprint density at radius 3 is 1.55 bits per heavy atom. The highest BCUT2D eigenvalue weighted by Gasteiger charge is 2.55. The summed E-state index contributed by atoms with van der Waals surface area (Å²) in [6.45, 7) is 11.5. The van der Waals surface area contributed by atoms with Crippen LogP contribution in [0.3, 0.4) is 0 Å². The minimum atomic E-state index is -2.52. The third-order valence-corrected chi connectivity index (χ3v) is 17.1. The third kappa shape index (κ3) is 12.6. The van der Waals surface area contributed by atoms with E-state index in [2.05, 4.69) is 56.5 Å². The molecule has 0 aromatic heterocycles. The second-order valence-electron chi connectivity index (χ2n) is 17.0. The zero-order valence-electron chi connectivity index (χ0n) is 36.6. The Labute approximate surface area is 388 Å². The highest BCUT2D eigenvalue weighted by atomic mass is 127. The topological polar surface area (TPSA) is 172 Å². The van der Waals surface area contributed by atoms with Crippen LogP contribution in [0.2, 0.25) is 18.1 Å². The average molecular weight is 1010 g/mol. The first-order chi connectivity index (χ1) is 30.5. The molecule has 6 rings (SSSR count). The first-order valence-corrected chi connectivity index (χ1v) is 25.2. The molecule has 2 aliphatic heterocycles. The van der Waals surface area contributed by atoms with E-state index in [1.165, 1.54) is 31.2 Å². The number of rotatable bonds is 16. The van der Waals surface area contributed by atoms with Gasteiger partial charge in [0, 0.05) is 6.92 Å². The number of alkyl halides is 1. The van der Waals surface area contributed by atoms with Gasteiger partial charge in [0.2, 0.25) is 0 Å². The number of carbonyl (C=O) groups is 4. The lowest BCUT2D eigenvalue weighted by atomic mass is 9.97. The van der Waals surface area contributed by atoms with Gasteiger partial charge in [0.15, 0.2) is 39.2 Å². The SMILES string of the molecule is CC(=O)OC[C@H]1O[C@H](OC[C@H]2O[C@@H](O)[C@H](OC(=O)c3ccccc3)[C@@H](OC(=O)c3ccccc3)[C@@H]2OC(=O)c2ccccc2)[C@H](I)[C@@H](O[Si](C)(C)C(C)(C)C)[C@@H]1OCc1ccccc1. The van der Waals surface area contributed by atoms with E-state index in [0.717, 1.165) is 5.56 Å². The summed E-state index contributed by atoms with van der Waals surface area (Å²) < 4.78 is 55.8. The van der Waals surface area contributed by atoms with Crippen molar-refractivity contribution in [3.05, 3.63) is 144 Å². The van der Waals surface area contributed by atoms with Crippen molar-refractivity contribution in [2.45, 2.75) is 112 Å². The van der Waals surface area contributed by atoms with Gasteiger partial charge in [-0.1, -0.05) is 128 Å². The molecule has 64 heavy (non-hydrogen) atoms. The van der Waals surface area contributed by atoms with Crippen LogP contribution in [0, 0.1) is 0 Å². The van der Waals surface area contributed by atoms with Crippen LogP contribution >= 0.6 is 22.6 Å². The molecule has 0 aliphatic carbocycles. The molecular formula is C48H55IO14Si. The Hall–Kier alpha value is -4.53. The Bertz CT molecular complexity index is 2140. The summed E-state index contributed by atoms with van der Waals surface area (Å²) in [5, 5.41) is 11.4. The monoisotopic (exact) mass is 1010 g/mol. The van der Waals surface area contributed by atoms with Crippen molar-refractivity contribution in [1.29, 1.82) is 0 Å². The third-order valence-electron chi connectivity index (χ3n) is 11.3. The maximum atomic E-state index is 13.9. The molecule has 0 saturated carbocycles. The molecule has 14 nitrogen and oxygen atoms in total. The van der Waals surface area contributed by atoms with Crippen LogP contribution in [0.1, 0.15) is 64.3 Å². The minimum Gasteiger partial charge on any atom is -0.463 e. The van der Waals surface area contributed by atoms with Gasteiger partial charge in [-0.2, -0.15) is 0 Å². The van der Waals surface area contributed by atoms with Crippen molar-refractivity contribution < 1.29 is 66.6 Å². The van der Waals surface area contributed by atoms with Crippen LogP contribution in [0.5, 0.6) is 0 Å². The molecular weight excluding hydrogens is 956 g/mol. The number of aliphatic hydroxyl groups excluding tert-OH is 1. The molecule has 16 heteroatoms. The lowest BCUT2D eigenvalue weighted by Crippen LogP contribution is -2.64. The Kier molecular flexibility index (Phi) is 16.9. The Morgan fingerprint density at radius 1 is 0.609 bits per heavy atom. The van der Waals surface area contributed by atoms with Gasteiger partial charge in [0.1, 0.15) is 24.9 Å². The highest BCUT2D eigenvalue weighted by Crippen LogP contribution is 2.42. The van der Waals surface area contributed by atoms with Gasteiger partial charge in [-0.05, 0) is 60.1 Å². The zero-order valence-corrected chi connectivity index (χ0v) is 39.7. The highest BCUT2D eigenvalue weighted by molar-refractivity contribution is 14.1. The Morgan fingerprint density at radius 2 is 1.06 bits per heavy atom. The second-order valence-corrected chi connectivity index (χ2v) is 23.2. The van der Waals surface area contributed by atoms with Crippen molar-refractivity contribution >= 4 is 54.8 Å². The summed E-state index contributed by atoms with van der Waals surface area (Å²) in [5.74, 6) is -3.03. The van der Waals surface area contributed by atoms with E-state index in [0.29, 0.717) is 0 Å². The molecule has 0 amide bonds. The molecule has 1 N–H and O–H groups in total. The summed E-state index contributed by atoms with van der Waals surface area (Å²) in [6, 6.07) is 33.9. The van der Waals surface area contributed by atoms with Crippen molar-refractivity contribution in [3.63, 3.8) is 0 Å². The number of ether oxygens (including phenoxy) is 8. The van der Waals surface area contributed by atoms with Crippen LogP contribution < -0.4 is 0 Å². The number of hydrogen-bond donors (Lipinski definition) is 1. The lowest BCUT2D eigenvalue weighted by Gasteiger charge is -2.49. The van der Waals surface area contributed by atoms with Gasteiger partial charge < -0.3 is 47.4 Å². The number of hydrogen-bond acceptors (Lipinski definition) is 14. The van der Waals surface area contributed by atoms with Crippen molar-refractivity contribution in [2.75, 3.05) is 13.2 Å². The fourth-order valence-electron chi connectivity index (χ4n) is 6.87. The largest absolute Gasteiger partial charge is 0.463 e. The molecule has 2 heterocycles. The van der Waals surface area contributed by atoms with Gasteiger partial charge in [0.25, 0.3) is 0 Å². The smallest absolute Gasteiger partial charge is 0.338 e. The lowest BCUT2D eigenvalue weighted by molar-refractivity contribution is -0.305. The molecule has 2 aliphatic rings. The predicted octanol–water partition coefficient (Wildman–Crippen LogP) is 7.46. The minimum absolute atomic E-state index is 0.150. The fourth-order valence-corrected chi connectivity index (χ4v) is 9.40. The van der Waals surface area contributed by atoms with Crippen molar-refractivity contribution in [1.82, 2.24) is 0 Å². The van der Waals surface area contributed by atoms with Gasteiger partial charge in [-0.25, -0.2) is 14.4 Å².